The van der Waals surface area contributed by atoms with Gasteiger partial charge in [0.25, 0.3) is 0 Å². The van der Waals surface area contributed by atoms with E-state index in [1.165, 1.54) is 45.2 Å². The summed E-state index contributed by atoms with van der Waals surface area (Å²) in [6.07, 6.45) is 7.34. The van der Waals surface area contributed by atoms with E-state index in [4.69, 9.17) is 0 Å². The third-order valence-electron chi connectivity index (χ3n) is 4.39. The fraction of sp³-hybridized carbons (Fsp3) is 1.00. The molecule has 16 heavy (non-hydrogen) atoms. The van der Waals surface area contributed by atoms with Gasteiger partial charge in [0.05, 0.1) is 0 Å². The number of nitrogens with zero attached hydrogens (tertiary/aromatic N) is 1. The lowest BCUT2D eigenvalue weighted by Gasteiger charge is -2.42. The summed E-state index contributed by atoms with van der Waals surface area (Å²) in [6, 6.07) is 0.921. The SMILES string of the molecule is CNCC(C)(C)CN1CCCC2CCCC21. The molecule has 1 saturated carbocycles. The van der Waals surface area contributed by atoms with Gasteiger partial charge >= 0.3 is 0 Å². The highest BCUT2D eigenvalue weighted by Crippen LogP contribution is 2.37. The average Bonchev–Trinajstić information content (AvgIpc) is 2.65. The molecule has 0 bridgehead atoms. The number of hydrogen-bond donors (Lipinski definition) is 1. The molecular weight excluding hydrogens is 196 g/mol. The monoisotopic (exact) mass is 224 g/mol. The Morgan fingerprint density at radius 3 is 2.69 bits per heavy atom. The molecule has 0 aromatic rings. The van der Waals surface area contributed by atoms with Gasteiger partial charge in [0.2, 0.25) is 0 Å². The van der Waals surface area contributed by atoms with Crippen molar-refractivity contribution in [2.24, 2.45) is 11.3 Å². The molecule has 1 aliphatic carbocycles. The zero-order valence-electron chi connectivity index (χ0n) is 11.3. The van der Waals surface area contributed by atoms with Crippen LogP contribution in [-0.2, 0) is 0 Å². The molecule has 2 aliphatic rings. The van der Waals surface area contributed by atoms with Crippen LogP contribution in [0.5, 0.6) is 0 Å². The fourth-order valence-electron chi connectivity index (χ4n) is 3.84. The summed E-state index contributed by atoms with van der Waals surface area (Å²) in [7, 11) is 2.07. The van der Waals surface area contributed by atoms with Gasteiger partial charge in [0, 0.05) is 19.1 Å². The number of rotatable bonds is 4. The molecule has 1 aliphatic heterocycles. The molecule has 2 fully saturated rings. The van der Waals surface area contributed by atoms with Crippen LogP contribution in [-0.4, -0.2) is 37.6 Å². The van der Waals surface area contributed by atoms with Crippen molar-refractivity contribution in [2.75, 3.05) is 26.7 Å². The molecule has 2 unspecified atom stereocenters. The summed E-state index contributed by atoms with van der Waals surface area (Å²) in [5.74, 6) is 1.03. The normalized spacial score (nSPS) is 31.7. The molecule has 1 N–H and O–H groups in total. The lowest BCUT2D eigenvalue weighted by Crippen LogP contribution is -2.48. The summed E-state index contributed by atoms with van der Waals surface area (Å²) in [5.41, 5.74) is 0.416. The van der Waals surface area contributed by atoms with Gasteiger partial charge in [-0.1, -0.05) is 20.3 Å². The van der Waals surface area contributed by atoms with Crippen LogP contribution in [0.25, 0.3) is 0 Å². The van der Waals surface area contributed by atoms with E-state index in [1.807, 2.05) is 0 Å². The molecule has 2 nitrogen and oxygen atoms in total. The quantitative estimate of drug-likeness (QED) is 0.789. The van der Waals surface area contributed by atoms with Crippen LogP contribution in [0.4, 0.5) is 0 Å². The molecule has 0 aromatic heterocycles. The lowest BCUT2D eigenvalue weighted by molar-refractivity contribution is 0.0718. The van der Waals surface area contributed by atoms with E-state index in [9.17, 15) is 0 Å². The predicted octanol–water partition coefficient (Wildman–Crippen LogP) is 2.50. The summed E-state index contributed by atoms with van der Waals surface area (Å²) >= 11 is 0. The molecule has 0 spiro atoms. The Bertz CT molecular complexity index is 225. The summed E-state index contributed by atoms with van der Waals surface area (Å²) in [4.78, 5) is 2.79. The van der Waals surface area contributed by atoms with Crippen molar-refractivity contribution in [1.82, 2.24) is 10.2 Å². The Kier molecular flexibility index (Phi) is 3.91. The van der Waals surface area contributed by atoms with Crippen molar-refractivity contribution < 1.29 is 0 Å². The van der Waals surface area contributed by atoms with Crippen LogP contribution in [0.15, 0.2) is 0 Å². The van der Waals surface area contributed by atoms with E-state index < -0.39 is 0 Å². The number of fused-ring (bicyclic) bond motifs is 1. The van der Waals surface area contributed by atoms with Crippen LogP contribution in [0.2, 0.25) is 0 Å². The minimum Gasteiger partial charge on any atom is -0.319 e. The molecule has 94 valence electrons. The maximum absolute atomic E-state index is 3.33. The van der Waals surface area contributed by atoms with Crippen molar-refractivity contribution in [3.05, 3.63) is 0 Å². The van der Waals surface area contributed by atoms with E-state index in [0.29, 0.717) is 5.41 Å². The Morgan fingerprint density at radius 2 is 1.94 bits per heavy atom. The topological polar surface area (TPSA) is 15.3 Å². The Balaban J connectivity index is 1.92. The first kappa shape index (κ1) is 12.4. The maximum Gasteiger partial charge on any atom is 0.0124 e. The first-order valence-corrected chi connectivity index (χ1v) is 7.01. The minimum atomic E-state index is 0.416. The van der Waals surface area contributed by atoms with Gasteiger partial charge in [0.15, 0.2) is 0 Å². The molecule has 0 radical (unpaired) electrons. The van der Waals surface area contributed by atoms with E-state index >= 15 is 0 Å². The molecule has 0 aromatic carbocycles. The third-order valence-corrected chi connectivity index (χ3v) is 4.39. The van der Waals surface area contributed by atoms with E-state index in [2.05, 4.69) is 31.1 Å². The molecule has 2 rings (SSSR count). The minimum absolute atomic E-state index is 0.416. The maximum atomic E-state index is 3.33. The van der Waals surface area contributed by atoms with Gasteiger partial charge in [-0.25, -0.2) is 0 Å². The van der Waals surface area contributed by atoms with E-state index in [-0.39, 0.29) is 0 Å². The van der Waals surface area contributed by atoms with Crippen LogP contribution in [0.1, 0.15) is 46.0 Å². The zero-order valence-corrected chi connectivity index (χ0v) is 11.3. The number of piperidine rings is 1. The second-order valence-electron chi connectivity index (χ2n) is 6.57. The second kappa shape index (κ2) is 5.05. The van der Waals surface area contributed by atoms with Crippen LogP contribution in [0.3, 0.4) is 0 Å². The second-order valence-corrected chi connectivity index (χ2v) is 6.57. The van der Waals surface area contributed by atoms with Gasteiger partial charge in [-0.05, 0) is 50.6 Å². The van der Waals surface area contributed by atoms with Crippen LogP contribution >= 0.6 is 0 Å². The van der Waals surface area contributed by atoms with Gasteiger partial charge in [-0.2, -0.15) is 0 Å². The first-order valence-electron chi connectivity index (χ1n) is 7.01. The van der Waals surface area contributed by atoms with E-state index in [1.54, 1.807) is 0 Å². The van der Waals surface area contributed by atoms with Crippen molar-refractivity contribution in [3.63, 3.8) is 0 Å². The predicted molar refractivity (Wildman–Crippen MR) is 69.6 cm³/mol. The lowest BCUT2D eigenvalue weighted by atomic mass is 9.87. The van der Waals surface area contributed by atoms with Gasteiger partial charge < -0.3 is 5.32 Å². The largest absolute Gasteiger partial charge is 0.319 e. The first-order chi connectivity index (χ1) is 7.62. The van der Waals surface area contributed by atoms with Crippen molar-refractivity contribution in [2.45, 2.75) is 52.0 Å². The Labute approximate surface area is 101 Å². The summed E-state index contributed by atoms with van der Waals surface area (Å²) < 4.78 is 0. The molecule has 2 heteroatoms. The number of likely N-dealkylation sites (tertiary alicyclic amines) is 1. The average molecular weight is 224 g/mol. The van der Waals surface area contributed by atoms with Crippen molar-refractivity contribution in [1.29, 1.82) is 0 Å². The van der Waals surface area contributed by atoms with Crippen molar-refractivity contribution >= 4 is 0 Å². The smallest absolute Gasteiger partial charge is 0.0124 e. The standard InChI is InChI=1S/C14H28N2/c1-14(2,10-15-3)11-16-9-5-7-12-6-4-8-13(12)16/h12-13,15H,4-11H2,1-3H3. The van der Waals surface area contributed by atoms with E-state index in [0.717, 1.165) is 18.5 Å². The molecule has 1 saturated heterocycles. The molecule has 2 atom stereocenters. The zero-order chi connectivity index (χ0) is 11.6. The number of hydrogen-bond acceptors (Lipinski definition) is 2. The molecule has 1 heterocycles. The summed E-state index contributed by atoms with van der Waals surface area (Å²) in [5, 5.41) is 3.33. The highest BCUT2D eigenvalue weighted by molar-refractivity contribution is 4.91. The van der Waals surface area contributed by atoms with Crippen molar-refractivity contribution in [3.8, 4) is 0 Å². The Morgan fingerprint density at radius 1 is 1.19 bits per heavy atom. The molecular formula is C14H28N2. The van der Waals surface area contributed by atoms with Crippen LogP contribution in [0, 0.1) is 11.3 Å². The third kappa shape index (κ3) is 2.78. The number of nitrogens with one attached hydrogen (secondary N) is 1. The fourth-order valence-corrected chi connectivity index (χ4v) is 3.84. The van der Waals surface area contributed by atoms with Gasteiger partial charge in [-0.3, -0.25) is 4.90 Å². The molecule has 0 amide bonds. The van der Waals surface area contributed by atoms with Gasteiger partial charge in [0.1, 0.15) is 0 Å². The van der Waals surface area contributed by atoms with Crippen LogP contribution < -0.4 is 5.32 Å². The highest BCUT2D eigenvalue weighted by Gasteiger charge is 2.36. The Hall–Kier alpha value is -0.0800. The highest BCUT2D eigenvalue weighted by atomic mass is 15.2. The summed E-state index contributed by atoms with van der Waals surface area (Å²) in [6.45, 7) is 8.52. The van der Waals surface area contributed by atoms with Gasteiger partial charge in [-0.15, -0.1) is 0 Å².